The lowest BCUT2D eigenvalue weighted by Gasteiger charge is -2.29. The molecule has 0 bridgehead atoms. The number of rotatable bonds is 10. The van der Waals surface area contributed by atoms with Crippen LogP contribution >= 0.6 is 15.9 Å². The maximum absolute atomic E-state index is 5.90. The van der Waals surface area contributed by atoms with E-state index in [1.807, 2.05) is 43.4 Å². The lowest BCUT2D eigenvalue weighted by atomic mass is 9.86. The molecular weight excluding hydrogens is 490 g/mol. The maximum Gasteiger partial charge on any atom is 0.224 e. The molecule has 3 aromatic rings. The second-order valence-corrected chi connectivity index (χ2v) is 10.1. The molecule has 7 heteroatoms. The highest BCUT2D eigenvalue weighted by atomic mass is 79.9. The Balaban J connectivity index is 1.13. The Morgan fingerprint density at radius 3 is 2.35 bits per heavy atom. The first-order valence-corrected chi connectivity index (χ1v) is 12.8. The summed E-state index contributed by atoms with van der Waals surface area (Å²) in [7, 11) is 4.00. The average molecular weight is 525 g/mol. The molecule has 1 aromatic heterocycles. The standard InChI is InChI=1S/C27H34BrN5O/c1-33(2)26-15-16-30-27(32-26)31-24-11-5-20(6-12-24)17-29-18-21-7-13-25(14-8-21)34-19-22-3-9-23(28)10-4-22/h3-4,7-10,13-16,20,24,29H,5-6,11-12,17-19H2,1-2H3,(H,30,31,32)/t20-,24+. The maximum atomic E-state index is 5.90. The van der Waals surface area contributed by atoms with E-state index in [-0.39, 0.29) is 0 Å². The quantitative estimate of drug-likeness (QED) is 0.358. The highest BCUT2D eigenvalue weighted by molar-refractivity contribution is 9.10. The van der Waals surface area contributed by atoms with Gasteiger partial charge in [-0.25, -0.2) is 4.98 Å². The Morgan fingerprint density at radius 2 is 1.65 bits per heavy atom. The molecule has 0 amide bonds. The Kier molecular flexibility index (Phi) is 8.77. The Bertz CT molecular complexity index is 1020. The van der Waals surface area contributed by atoms with E-state index in [1.165, 1.54) is 18.4 Å². The molecule has 2 N–H and O–H groups in total. The molecule has 1 heterocycles. The Hall–Kier alpha value is -2.64. The summed E-state index contributed by atoms with van der Waals surface area (Å²) in [6.07, 6.45) is 6.59. The van der Waals surface area contributed by atoms with Gasteiger partial charge >= 0.3 is 0 Å². The Morgan fingerprint density at radius 1 is 0.941 bits per heavy atom. The van der Waals surface area contributed by atoms with Gasteiger partial charge in [0.25, 0.3) is 0 Å². The van der Waals surface area contributed by atoms with Crippen LogP contribution < -0.4 is 20.3 Å². The van der Waals surface area contributed by atoms with Crippen molar-refractivity contribution in [3.8, 4) is 5.75 Å². The lowest BCUT2D eigenvalue weighted by Crippen LogP contribution is -2.31. The van der Waals surface area contributed by atoms with Gasteiger partial charge in [0.1, 0.15) is 18.2 Å². The molecule has 4 rings (SSSR count). The number of hydrogen-bond acceptors (Lipinski definition) is 6. The Labute approximate surface area is 211 Å². The van der Waals surface area contributed by atoms with Crippen molar-refractivity contribution in [2.24, 2.45) is 5.92 Å². The van der Waals surface area contributed by atoms with Gasteiger partial charge in [0.2, 0.25) is 5.95 Å². The summed E-state index contributed by atoms with van der Waals surface area (Å²) in [5.74, 6) is 3.29. The minimum Gasteiger partial charge on any atom is -0.489 e. The van der Waals surface area contributed by atoms with Crippen molar-refractivity contribution in [3.63, 3.8) is 0 Å². The van der Waals surface area contributed by atoms with Gasteiger partial charge in [0.15, 0.2) is 0 Å². The number of anilines is 2. The molecule has 0 saturated heterocycles. The number of halogens is 1. The first-order chi connectivity index (χ1) is 16.5. The third kappa shape index (κ3) is 7.43. The van der Waals surface area contributed by atoms with Crippen molar-refractivity contribution in [2.75, 3.05) is 30.9 Å². The zero-order chi connectivity index (χ0) is 23.8. The highest BCUT2D eigenvalue weighted by Gasteiger charge is 2.21. The summed E-state index contributed by atoms with van der Waals surface area (Å²) in [5.41, 5.74) is 2.44. The topological polar surface area (TPSA) is 62.3 Å². The van der Waals surface area contributed by atoms with E-state index in [9.17, 15) is 0 Å². The fourth-order valence-corrected chi connectivity index (χ4v) is 4.50. The number of hydrogen-bond donors (Lipinski definition) is 2. The van der Waals surface area contributed by atoms with Gasteiger partial charge in [-0.1, -0.05) is 40.2 Å². The van der Waals surface area contributed by atoms with Crippen LogP contribution in [0.3, 0.4) is 0 Å². The second kappa shape index (κ2) is 12.2. The SMILES string of the molecule is CN(C)c1ccnc(N[C@H]2CC[C@@H](CNCc3ccc(OCc4ccc(Br)cc4)cc3)CC2)n1. The number of benzene rings is 2. The molecule has 0 spiro atoms. The van der Waals surface area contributed by atoms with Crippen LogP contribution in [0, 0.1) is 5.92 Å². The van der Waals surface area contributed by atoms with Gasteiger partial charge in [0.05, 0.1) is 0 Å². The van der Waals surface area contributed by atoms with E-state index < -0.39 is 0 Å². The first-order valence-electron chi connectivity index (χ1n) is 12.0. The lowest BCUT2D eigenvalue weighted by molar-refractivity contribution is 0.306. The summed E-state index contributed by atoms with van der Waals surface area (Å²) in [6, 6.07) is 19.0. The number of aromatic nitrogens is 2. The summed E-state index contributed by atoms with van der Waals surface area (Å²) in [4.78, 5) is 11.0. The van der Waals surface area contributed by atoms with Gasteiger partial charge in [-0.3, -0.25) is 0 Å². The van der Waals surface area contributed by atoms with E-state index in [0.717, 1.165) is 59.4 Å². The van der Waals surface area contributed by atoms with E-state index >= 15 is 0 Å². The number of ether oxygens (including phenoxy) is 1. The van der Waals surface area contributed by atoms with Crippen LogP contribution in [0.5, 0.6) is 5.75 Å². The molecule has 1 saturated carbocycles. The van der Waals surface area contributed by atoms with E-state index in [2.05, 4.69) is 72.9 Å². The molecule has 1 aliphatic carbocycles. The van der Waals surface area contributed by atoms with Crippen molar-refractivity contribution < 1.29 is 4.74 Å². The number of nitrogens with one attached hydrogen (secondary N) is 2. The van der Waals surface area contributed by atoms with E-state index in [0.29, 0.717) is 12.6 Å². The third-order valence-electron chi connectivity index (χ3n) is 6.28. The molecule has 34 heavy (non-hydrogen) atoms. The van der Waals surface area contributed by atoms with Crippen molar-refractivity contribution in [2.45, 2.75) is 44.9 Å². The van der Waals surface area contributed by atoms with Crippen LogP contribution in [0.4, 0.5) is 11.8 Å². The van der Waals surface area contributed by atoms with Crippen molar-refractivity contribution in [1.82, 2.24) is 15.3 Å². The van der Waals surface area contributed by atoms with Crippen molar-refractivity contribution in [3.05, 3.63) is 76.4 Å². The molecule has 0 atom stereocenters. The smallest absolute Gasteiger partial charge is 0.224 e. The van der Waals surface area contributed by atoms with Crippen molar-refractivity contribution in [1.29, 1.82) is 0 Å². The van der Waals surface area contributed by atoms with Gasteiger partial charge in [0, 0.05) is 37.4 Å². The fourth-order valence-electron chi connectivity index (χ4n) is 4.23. The largest absolute Gasteiger partial charge is 0.489 e. The molecule has 0 radical (unpaired) electrons. The zero-order valence-electron chi connectivity index (χ0n) is 20.0. The van der Waals surface area contributed by atoms with Crippen LogP contribution in [0.1, 0.15) is 36.8 Å². The van der Waals surface area contributed by atoms with Crippen molar-refractivity contribution >= 4 is 27.7 Å². The highest BCUT2D eigenvalue weighted by Crippen LogP contribution is 2.26. The molecular formula is C27H34BrN5O. The van der Waals surface area contributed by atoms with Crippen LogP contribution in [0.15, 0.2) is 65.3 Å². The summed E-state index contributed by atoms with van der Waals surface area (Å²) < 4.78 is 6.99. The summed E-state index contributed by atoms with van der Waals surface area (Å²) in [6.45, 7) is 2.52. The van der Waals surface area contributed by atoms with Gasteiger partial charge in [-0.05, 0) is 79.6 Å². The first kappa shape index (κ1) is 24.5. The minimum absolute atomic E-state index is 0.457. The zero-order valence-corrected chi connectivity index (χ0v) is 21.6. The molecule has 2 aromatic carbocycles. The fraction of sp³-hybridized carbons (Fsp3) is 0.407. The van der Waals surface area contributed by atoms with Crippen LogP contribution in [-0.4, -0.2) is 36.6 Å². The molecule has 6 nitrogen and oxygen atoms in total. The summed E-state index contributed by atoms with van der Waals surface area (Å²) in [5, 5.41) is 7.17. The molecule has 1 aliphatic rings. The van der Waals surface area contributed by atoms with Crippen LogP contribution in [-0.2, 0) is 13.2 Å². The third-order valence-corrected chi connectivity index (χ3v) is 6.81. The van der Waals surface area contributed by atoms with E-state index in [1.54, 1.807) is 0 Å². The number of nitrogens with zero attached hydrogens (tertiary/aromatic N) is 3. The molecule has 0 aliphatic heterocycles. The monoisotopic (exact) mass is 523 g/mol. The van der Waals surface area contributed by atoms with E-state index in [4.69, 9.17) is 4.74 Å². The molecule has 1 fully saturated rings. The van der Waals surface area contributed by atoms with Gasteiger partial charge in [-0.15, -0.1) is 0 Å². The van der Waals surface area contributed by atoms with Crippen LogP contribution in [0.2, 0.25) is 0 Å². The predicted octanol–water partition coefficient (Wildman–Crippen LogP) is 5.64. The summed E-state index contributed by atoms with van der Waals surface area (Å²) >= 11 is 3.46. The minimum atomic E-state index is 0.457. The van der Waals surface area contributed by atoms with Gasteiger partial charge < -0.3 is 20.3 Å². The molecule has 180 valence electrons. The molecule has 0 unspecified atom stereocenters. The predicted molar refractivity (Wildman–Crippen MR) is 142 cm³/mol. The van der Waals surface area contributed by atoms with Gasteiger partial charge in [-0.2, -0.15) is 4.98 Å². The second-order valence-electron chi connectivity index (χ2n) is 9.18. The van der Waals surface area contributed by atoms with Crippen LogP contribution in [0.25, 0.3) is 0 Å². The average Bonchev–Trinajstić information content (AvgIpc) is 2.86. The normalized spacial score (nSPS) is 17.9.